The fourth-order valence-electron chi connectivity index (χ4n) is 2.09. The number of halogens is 2. The van der Waals surface area contributed by atoms with Crippen LogP contribution in [0.15, 0.2) is 0 Å². The van der Waals surface area contributed by atoms with Gasteiger partial charge in [0.05, 0.1) is 30.9 Å². The molecule has 0 spiro atoms. The molecule has 0 aromatic rings. The van der Waals surface area contributed by atoms with E-state index in [2.05, 4.69) is 52.9 Å². The van der Waals surface area contributed by atoms with Crippen molar-refractivity contribution in [2.24, 2.45) is 0 Å². The second-order valence-electron chi connectivity index (χ2n) is 5.68. The van der Waals surface area contributed by atoms with Gasteiger partial charge in [-0.3, -0.25) is 0 Å². The van der Waals surface area contributed by atoms with Gasteiger partial charge in [-0.25, -0.2) is 0 Å². The summed E-state index contributed by atoms with van der Waals surface area (Å²) in [5.41, 5.74) is 0. The molecule has 0 saturated carbocycles. The lowest BCUT2D eigenvalue weighted by molar-refractivity contribution is -0.890. The summed E-state index contributed by atoms with van der Waals surface area (Å²) >= 11 is 7.06. The van der Waals surface area contributed by atoms with Crippen molar-refractivity contribution in [3.05, 3.63) is 0 Å². The standard InChI is InChI=1S/C14H30Br2N/c1-4-5-6-9-12-17(2,3)13-10-7-8-11-14(15)16/h14H,4-13H2,1-3H3/q+1. The lowest BCUT2D eigenvalue weighted by Crippen LogP contribution is -2.41. The Labute approximate surface area is 125 Å². The molecule has 0 bridgehead atoms. The highest BCUT2D eigenvalue weighted by Crippen LogP contribution is 2.17. The maximum atomic E-state index is 3.53. The van der Waals surface area contributed by atoms with Crippen molar-refractivity contribution in [1.82, 2.24) is 0 Å². The first-order chi connectivity index (χ1) is 7.98. The molecule has 0 aliphatic carbocycles. The molecule has 1 nitrogen and oxygen atoms in total. The van der Waals surface area contributed by atoms with Crippen LogP contribution in [0, 0.1) is 0 Å². The molecule has 0 saturated heterocycles. The van der Waals surface area contributed by atoms with E-state index in [-0.39, 0.29) is 0 Å². The van der Waals surface area contributed by atoms with Crippen molar-refractivity contribution in [3.8, 4) is 0 Å². The second-order valence-corrected chi connectivity index (χ2v) is 9.12. The molecule has 0 aromatic carbocycles. The highest BCUT2D eigenvalue weighted by Gasteiger charge is 2.13. The summed E-state index contributed by atoms with van der Waals surface area (Å²) in [5, 5.41) is 0. The molecule has 0 heterocycles. The fourth-order valence-corrected chi connectivity index (χ4v) is 2.74. The van der Waals surface area contributed by atoms with E-state index in [4.69, 9.17) is 0 Å². The van der Waals surface area contributed by atoms with Crippen molar-refractivity contribution in [3.63, 3.8) is 0 Å². The smallest absolute Gasteiger partial charge is 0.0782 e. The minimum Gasteiger partial charge on any atom is -0.328 e. The maximum Gasteiger partial charge on any atom is 0.0782 e. The van der Waals surface area contributed by atoms with E-state index in [9.17, 15) is 0 Å². The summed E-state index contributed by atoms with van der Waals surface area (Å²) < 4.78 is 1.71. The molecule has 0 radical (unpaired) electrons. The van der Waals surface area contributed by atoms with Gasteiger partial charge in [0.25, 0.3) is 0 Å². The molecule has 0 unspecified atom stereocenters. The van der Waals surface area contributed by atoms with Crippen LogP contribution in [0.3, 0.4) is 0 Å². The van der Waals surface area contributed by atoms with E-state index in [1.54, 1.807) is 0 Å². The van der Waals surface area contributed by atoms with Gasteiger partial charge >= 0.3 is 0 Å². The Kier molecular flexibility index (Phi) is 11.4. The number of hydrogen-bond acceptors (Lipinski definition) is 0. The van der Waals surface area contributed by atoms with E-state index < -0.39 is 0 Å². The number of nitrogens with zero attached hydrogens (tertiary/aromatic N) is 1. The molecule has 0 fully saturated rings. The molecule has 0 N–H and O–H groups in total. The lowest BCUT2D eigenvalue weighted by atomic mass is 10.1. The maximum absolute atomic E-state index is 3.53. The summed E-state index contributed by atoms with van der Waals surface area (Å²) in [6.45, 7) is 4.96. The number of alkyl halides is 2. The molecule has 3 heteroatoms. The van der Waals surface area contributed by atoms with E-state index in [1.807, 2.05) is 0 Å². The monoisotopic (exact) mass is 370 g/mol. The number of quaternary nitrogens is 1. The Morgan fingerprint density at radius 1 is 0.824 bits per heavy atom. The summed E-state index contributed by atoms with van der Waals surface area (Å²) in [6, 6.07) is 0. The van der Waals surface area contributed by atoms with Gasteiger partial charge in [0.1, 0.15) is 0 Å². The largest absolute Gasteiger partial charge is 0.328 e. The Morgan fingerprint density at radius 2 is 1.35 bits per heavy atom. The van der Waals surface area contributed by atoms with Gasteiger partial charge in [0, 0.05) is 0 Å². The lowest BCUT2D eigenvalue weighted by Gasteiger charge is -2.30. The van der Waals surface area contributed by atoms with Crippen LogP contribution in [-0.2, 0) is 0 Å². The summed E-state index contributed by atoms with van der Waals surface area (Å²) in [6.07, 6.45) is 10.9. The van der Waals surface area contributed by atoms with Gasteiger partial charge in [0.2, 0.25) is 0 Å². The first-order valence-corrected chi connectivity index (χ1v) is 8.91. The van der Waals surface area contributed by atoms with Crippen molar-refractivity contribution < 1.29 is 4.48 Å². The van der Waals surface area contributed by atoms with Crippen molar-refractivity contribution in [2.45, 2.75) is 62.0 Å². The van der Waals surface area contributed by atoms with Crippen LogP contribution in [0.4, 0.5) is 0 Å². The van der Waals surface area contributed by atoms with Crippen LogP contribution >= 0.6 is 31.9 Å². The third-order valence-corrected chi connectivity index (χ3v) is 4.22. The normalized spacial score (nSPS) is 12.4. The number of rotatable bonds is 11. The Balaban J connectivity index is 3.43. The van der Waals surface area contributed by atoms with Gasteiger partial charge in [0.15, 0.2) is 0 Å². The van der Waals surface area contributed by atoms with Crippen LogP contribution in [-0.4, -0.2) is 35.4 Å². The van der Waals surface area contributed by atoms with Crippen LogP contribution in [0.5, 0.6) is 0 Å². The molecule has 0 aromatic heterocycles. The van der Waals surface area contributed by atoms with Crippen LogP contribution in [0.2, 0.25) is 0 Å². The first-order valence-electron chi connectivity index (χ1n) is 7.08. The van der Waals surface area contributed by atoms with E-state index in [0.29, 0.717) is 3.74 Å². The Hall–Kier alpha value is 0.920. The van der Waals surface area contributed by atoms with Crippen molar-refractivity contribution >= 4 is 31.9 Å². The molecule has 0 aliphatic heterocycles. The predicted molar refractivity (Wildman–Crippen MR) is 86.1 cm³/mol. The van der Waals surface area contributed by atoms with Crippen LogP contribution in [0.25, 0.3) is 0 Å². The molecule has 104 valence electrons. The summed E-state index contributed by atoms with van der Waals surface area (Å²) in [7, 11) is 4.76. The minimum absolute atomic E-state index is 0.506. The van der Waals surface area contributed by atoms with Gasteiger partial charge in [-0.15, -0.1) is 0 Å². The first kappa shape index (κ1) is 17.9. The quantitative estimate of drug-likeness (QED) is 0.262. The predicted octanol–water partition coefficient (Wildman–Crippen LogP) is 5.32. The topological polar surface area (TPSA) is 0 Å². The van der Waals surface area contributed by atoms with Gasteiger partial charge < -0.3 is 4.48 Å². The van der Waals surface area contributed by atoms with Crippen molar-refractivity contribution in [1.29, 1.82) is 0 Å². The fraction of sp³-hybridized carbons (Fsp3) is 1.00. The summed E-state index contributed by atoms with van der Waals surface area (Å²) in [5.74, 6) is 0. The van der Waals surface area contributed by atoms with Gasteiger partial charge in [-0.05, 0) is 32.1 Å². The Bertz CT molecular complexity index is 170. The van der Waals surface area contributed by atoms with E-state index >= 15 is 0 Å². The number of hydrogen-bond donors (Lipinski definition) is 0. The third kappa shape index (κ3) is 13.2. The third-order valence-electron chi connectivity index (χ3n) is 3.30. The highest BCUT2D eigenvalue weighted by molar-refractivity contribution is 9.24. The van der Waals surface area contributed by atoms with E-state index in [1.165, 1.54) is 68.9 Å². The molecular formula is C14H30Br2N+. The second kappa shape index (κ2) is 10.8. The Morgan fingerprint density at radius 3 is 1.82 bits per heavy atom. The minimum atomic E-state index is 0.506. The summed E-state index contributed by atoms with van der Waals surface area (Å²) in [4.78, 5) is 0. The highest BCUT2D eigenvalue weighted by atomic mass is 79.9. The van der Waals surface area contributed by atoms with Gasteiger partial charge in [-0.2, -0.15) is 0 Å². The molecule has 17 heavy (non-hydrogen) atoms. The van der Waals surface area contributed by atoms with E-state index in [0.717, 1.165) is 0 Å². The SMILES string of the molecule is CCCCCC[N+](C)(C)CCCCCC(Br)Br. The van der Waals surface area contributed by atoms with Gasteiger partial charge in [-0.1, -0.05) is 58.0 Å². The molecule has 0 aliphatic rings. The van der Waals surface area contributed by atoms with Crippen LogP contribution < -0.4 is 0 Å². The zero-order valence-corrected chi connectivity index (χ0v) is 15.0. The molecule has 0 atom stereocenters. The number of unbranched alkanes of at least 4 members (excludes halogenated alkanes) is 5. The zero-order valence-electron chi connectivity index (χ0n) is 11.9. The molecule has 0 amide bonds. The zero-order chi connectivity index (χ0) is 13.1. The molecular weight excluding hydrogens is 342 g/mol. The van der Waals surface area contributed by atoms with Crippen molar-refractivity contribution in [2.75, 3.05) is 27.2 Å². The molecule has 0 rings (SSSR count). The van der Waals surface area contributed by atoms with Crippen LogP contribution in [0.1, 0.15) is 58.3 Å². The average molecular weight is 372 g/mol. The average Bonchev–Trinajstić information content (AvgIpc) is 2.23.